The van der Waals surface area contributed by atoms with E-state index in [0.717, 1.165) is 5.39 Å². The van der Waals surface area contributed by atoms with Crippen LogP contribution < -0.4 is 0 Å². The van der Waals surface area contributed by atoms with Gasteiger partial charge in [0.1, 0.15) is 5.82 Å². The van der Waals surface area contributed by atoms with E-state index in [2.05, 4.69) is 0 Å². The van der Waals surface area contributed by atoms with Crippen molar-refractivity contribution in [2.75, 3.05) is 0 Å². The monoisotopic (exact) mass is 288 g/mol. The summed E-state index contributed by atoms with van der Waals surface area (Å²) in [6.45, 7) is 1.64. The lowest BCUT2D eigenvalue weighted by Gasteiger charge is -2.00. The molecule has 1 aromatic heterocycles. The first kappa shape index (κ1) is 12.9. The fourth-order valence-corrected chi connectivity index (χ4v) is 2.24. The van der Waals surface area contributed by atoms with E-state index >= 15 is 0 Å². The van der Waals surface area contributed by atoms with Gasteiger partial charge in [-0.05, 0) is 30.7 Å². The molecule has 0 aliphatic heterocycles. The van der Waals surface area contributed by atoms with Gasteiger partial charge in [-0.15, -0.1) is 0 Å². The predicted octanol–water partition coefficient (Wildman–Crippen LogP) is 4.76. The second-order valence-electron chi connectivity index (χ2n) is 4.56. The average molecular weight is 289 g/mol. The molecule has 0 saturated heterocycles. The number of furan rings is 1. The van der Waals surface area contributed by atoms with Crippen LogP contribution in [0.1, 0.15) is 21.7 Å². The Bertz CT molecular complexity index is 820. The van der Waals surface area contributed by atoms with Crippen molar-refractivity contribution in [3.05, 3.63) is 70.2 Å². The van der Waals surface area contributed by atoms with Gasteiger partial charge in [0.15, 0.2) is 11.3 Å². The van der Waals surface area contributed by atoms with E-state index in [1.54, 1.807) is 43.3 Å². The highest BCUT2D eigenvalue weighted by molar-refractivity contribution is 6.35. The summed E-state index contributed by atoms with van der Waals surface area (Å²) in [7, 11) is 0. The van der Waals surface area contributed by atoms with Gasteiger partial charge in [0.25, 0.3) is 0 Å². The van der Waals surface area contributed by atoms with Gasteiger partial charge in [-0.1, -0.05) is 35.9 Å². The number of rotatable bonds is 2. The third kappa shape index (κ3) is 2.10. The van der Waals surface area contributed by atoms with Crippen LogP contribution in [0, 0.1) is 12.7 Å². The maximum atomic E-state index is 13.5. The zero-order valence-electron chi connectivity index (χ0n) is 10.6. The highest BCUT2D eigenvalue weighted by Gasteiger charge is 2.16. The Hall–Kier alpha value is -2.13. The summed E-state index contributed by atoms with van der Waals surface area (Å²) in [5, 5.41) is 1.19. The van der Waals surface area contributed by atoms with Crippen LogP contribution in [-0.4, -0.2) is 5.78 Å². The van der Waals surface area contributed by atoms with Crippen molar-refractivity contribution in [1.82, 2.24) is 0 Å². The van der Waals surface area contributed by atoms with Gasteiger partial charge < -0.3 is 4.42 Å². The van der Waals surface area contributed by atoms with Crippen LogP contribution in [-0.2, 0) is 0 Å². The molecule has 0 N–H and O–H groups in total. The molecule has 3 aromatic rings. The highest BCUT2D eigenvalue weighted by atomic mass is 35.5. The summed E-state index contributed by atoms with van der Waals surface area (Å²) in [6.07, 6.45) is 0. The second-order valence-corrected chi connectivity index (χ2v) is 4.97. The maximum absolute atomic E-state index is 13.5. The first-order valence-corrected chi connectivity index (χ1v) is 6.43. The van der Waals surface area contributed by atoms with Crippen LogP contribution in [0.5, 0.6) is 0 Å². The number of benzene rings is 2. The second kappa shape index (κ2) is 4.76. The van der Waals surface area contributed by atoms with E-state index in [-0.39, 0.29) is 17.1 Å². The van der Waals surface area contributed by atoms with Crippen LogP contribution in [0.4, 0.5) is 4.39 Å². The molecule has 20 heavy (non-hydrogen) atoms. The van der Waals surface area contributed by atoms with Crippen LogP contribution in [0.15, 0.2) is 46.9 Å². The van der Waals surface area contributed by atoms with E-state index < -0.39 is 5.82 Å². The predicted molar refractivity (Wildman–Crippen MR) is 75.8 cm³/mol. The Morgan fingerprint density at radius 2 is 2.00 bits per heavy atom. The van der Waals surface area contributed by atoms with Gasteiger partial charge in [-0.2, -0.15) is 0 Å². The standard InChI is InChI=1S/C16H10ClFO2/c1-9-5-6-10(7-13(9)18)15(19)14-8-11-3-2-4-12(17)16(11)20-14/h2-8H,1H3. The van der Waals surface area contributed by atoms with Gasteiger partial charge >= 0.3 is 0 Å². The third-order valence-electron chi connectivity index (χ3n) is 3.15. The molecule has 0 unspecified atom stereocenters. The molecule has 2 nitrogen and oxygen atoms in total. The SMILES string of the molecule is Cc1ccc(C(=O)c2cc3cccc(Cl)c3o2)cc1F. The lowest BCUT2D eigenvalue weighted by atomic mass is 10.1. The van der Waals surface area contributed by atoms with E-state index in [9.17, 15) is 9.18 Å². The van der Waals surface area contributed by atoms with Crippen LogP contribution in [0.25, 0.3) is 11.0 Å². The summed E-state index contributed by atoms with van der Waals surface area (Å²) in [5.41, 5.74) is 1.21. The Kier molecular flexibility index (Phi) is 3.07. The topological polar surface area (TPSA) is 30.2 Å². The minimum atomic E-state index is -0.412. The smallest absolute Gasteiger partial charge is 0.228 e. The number of ketones is 1. The number of fused-ring (bicyclic) bond motifs is 1. The number of halogens is 2. The first-order chi connectivity index (χ1) is 9.56. The number of hydrogen-bond acceptors (Lipinski definition) is 2. The first-order valence-electron chi connectivity index (χ1n) is 6.05. The minimum Gasteiger partial charge on any atom is -0.451 e. The molecule has 0 radical (unpaired) electrons. The fraction of sp³-hybridized carbons (Fsp3) is 0.0625. The summed E-state index contributed by atoms with van der Waals surface area (Å²) >= 11 is 6.00. The molecule has 0 fully saturated rings. The Balaban J connectivity index is 2.08. The largest absolute Gasteiger partial charge is 0.451 e. The average Bonchev–Trinajstić information content (AvgIpc) is 2.86. The number of para-hydroxylation sites is 1. The van der Waals surface area contributed by atoms with Gasteiger partial charge in [0, 0.05) is 10.9 Å². The van der Waals surface area contributed by atoms with E-state index in [1.807, 2.05) is 0 Å². The molecule has 1 heterocycles. The Morgan fingerprint density at radius 3 is 2.70 bits per heavy atom. The molecule has 0 amide bonds. The highest BCUT2D eigenvalue weighted by Crippen LogP contribution is 2.27. The zero-order chi connectivity index (χ0) is 14.3. The molecule has 0 atom stereocenters. The third-order valence-corrected chi connectivity index (χ3v) is 3.45. The number of hydrogen-bond donors (Lipinski definition) is 0. The van der Waals surface area contributed by atoms with Crippen molar-refractivity contribution in [3.63, 3.8) is 0 Å². The summed E-state index contributed by atoms with van der Waals surface area (Å²) in [6, 6.07) is 11.2. The van der Waals surface area contributed by atoms with Crippen LogP contribution in [0.2, 0.25) is 5.02 Å². The number of carbonyl (C=O) groups excluding carboxylic acids is 1. The van der Waals surface area contributed by atoms with Crippen molar-refractivity contribution >= 4 is 28.4 Å². The minimum absolute atomic E-state index is 0.149. The van der Waals surface area contributed by atoms with Crippen molar-refractivity contribution in [2.45, 2.75) is 6.92 Å². The molecule has 100 valence electrons. The number of aryl methyl sites for hydroxylation is 1. The molecule has 0 spiro atoms. The quantitative estimate of drug-likeness (QED) is 0.636. The van der Waals surface area contributed by atoms with Crippen molar-refractivity contribution in [1.29, 1.82) is 0 Å². The fourth-order valence-electron chi connectivity index (χ4n) is 2.02. The van der Waals surface area contributed by atoms with Gasteiger partial charge in [-0.25, -0.2) is 4.39 Å². The summed E-state index contributed by atoms with van der Waals surface area (Å²) in [5.74, 6) is -0.627. The number of carbonyl (C=O) groups is 1. The van der Waals surface area contributed by atoms with E-state index in [0.29, 0.717) is 16.2 Å². The van der Waals surface area contributed by atoms with E-state index in [1.165, 1.54) is 6.07 Å². The molecular weight excluding hydrogens is 279 g/mol. The van der Waals surface area contributed by atoms with Crippen LogP contribution >= 0.6 is 11.6 Å². The normalized spacial score (nSPS) is 10.9. The van der Waals surface area contributed by atoms with Crippen molar-refractivity contribution < 1.29 is 13.6 Å². The van der Waals surface area contributed by atoms with Crippen molar-refractivity contribution in [3.8, 4) is 0 Å². The molecule has 0 bridgehead atoms. The summed E-state index contributed by atoms with van der Waals surface area (Å²) < 4.78 is 19.0. The van der Waals surface area contributed by atoms with Gasteiger partial charge in [0.05, 0.1) is 5.02 Å². The Labute approximate surface area is 119 Å². The lowest BCUT2D eigenvalue weighted by Crippen LogP contribution is -2.00. The summed E-state index contributed by atoms with van der Waals surface area (Å²) in [4.78, 5) is 12.3. The van der Waals surface area contributed by atoms with Crippen molar-refractivity contribution in [2.24, 2.45) is 0 Å². The maximum Gasteiger partial charge on any atom is 0.228 e. The van der Waals surface area contributed by atoms with Crippen LogP contribution in [0.3, 0.4) is 0 Å². The Morgan fingerprint density at radius 1 is 1.20 bits per heavy atom. The molecule has 4 heteroatoms. The zero-order valence-corrected chi connectivity index (χ0v) is 11.4. The molecule has 2 aromatic carbocycles. The molecule has 0 saturated carbocycles. The lowest BCUT2D eigenvalue weighted by molar-refractivity contribution is 0.101. The van der Waals surface area contributed by atoms with Gasteiger partial charge in [-0.3, -0.25) is 4.79 Å². The molecule has 0 aliphatic carbocycles. The van der Waals surface area contributed by atoms with Gasteiger partial charge in [0.2, 0.25) is 5.78 Å². The molecule has 0 aliphatic rings. The van der Waals surface area contributed by atoms with E-state index in [4.69, 9.17) is 16.0 Å². The molecular formula is C16H10ClFO2. The molecule has 3 rings (SSSR count).